The molecule has 3 aromatic rings. The molecule has 150 valence electrons. The van der Waals surface area contributed by atoms with Crippen LogP contribution in [0.5, 0.6) is 0 Å². The van der Waals surface area contributed by atoms with Crippen LogP contribution >= 0.6 is 0 Å². The molecule has 0 fully saturated rings. The first kappa shape index (κ1) is 19.0. The van der Waals surface area contributed by atoms with Gasteiger partial charge in [-0.05, 0) is 23.8 Å². The predicted octanol–water partition coefficient (Wildman–Crippen LogP) is 4.24. The predicted molar refractivity (Wildman–Crippen MR) is 87.5 cm³/mol. The van der Waals surface area contributed by atoms with Crippen molar-refractivity contribution in [1.82, 2.24) is 20.1 Å². The summed E-state index contributed by atoms with van der Waals surface area (Å²) in [5.41, 5.74) is 0.327. The molecular formula is C18H11F5N4O2. The Morgan fingerprint density at radius 1 is 1.17 bits per heavy atom. The van der Waals surface area contributed by atoms with E-state index >= 15 is 0 Å². The third kappa shape index (κ3) is 3.67. The number of alkyl halides is 5. The van der Waals surface area contributed by atoms with E-state index in [9.17, 15) is 26.7 Å². The molecule has 0 N–H and O–H groups in total. The van der Waals surface area contributed by atoms with Crippen LogP contribution in [0.1, 0.15) is 39.5 Å². The quantitative estimate of drug-likeness (QED) is 0.602. The first-order valence-corrected chi connectivity index (χ1v) is 8.28. The van der Waals surface area contributed by atoms with E-state index in [0.29, 0.717) is 11.3 Å². The van der Waals surface area contributed by atoms with Gasteiger partial charge in [0.25, 0.3) is 11.8 Å². The molecule has 1 aliphatic heterocycles. The minimum Gasteiger partial charge on any atom is -0.415 e. The Labute approximate surface area is 160 Å². The fraction of sp³-hybridized carbons (Fsp3) is 0.222. The van der Waals surface area contributed by atoms with Crippen LogP contribution in [-0.4, -0.2) is 26.0 Å². The van der Waals surface area contributed by atoms with Gasteiger partial charge in [0.1, 0.15) is 0 Å². The van der Waals surface area contributed by atoms with Crippen molar-refractivity contribution < 1.29 is 31.2 Å². The van der Waals surface area contributed by atoms with Crippen molar-refractivity contribution in [2.45, 2.75) is 25.7 Å². The molecule has 0 atom stereocenters. The number of rotatable bonds is 4. The lowest BCUT2D eigenvalue weighted by atomic mass is 10.1. The number of carbonyl (C=O) groups excluding carboxylic acids is 1. The number of benzene rings is 1. The third-order valence-electron chi connectivity index (χ3n) is 4.33. The number of nitrogens with zero attached hydrogens (tertiary/aromatic N) is 4. The zero-order chi connectivity index (χ0) is 20.8. The zero-order valence-corrected chi connectivity index (χ0v) is 14.5. The highest BCUT2D eigenvalue weighted by atomic mass is 19.4. The second-order valence-electron chi connectivity index (χ2n) is 6.32. The maximum Gasteiger partial charge on any atom is 0.416 e. The Hall–Kier alpha value is -3.37. The minimum absolute atomic E-state index is 0.0372. The van der Waals surface area contributed by atoms with Gasteiger partial charge in [0, 0.05) is 12.7 Å². The van der Waals surface area contributed by atoms with Crippen molar-refractivity contribution in [3.8, 4) is 11.5 Å². The molecule has 2 aromatic heterocycles. The summed E-state index contributed by atoms with van der Waals surface area (Å²) in [4.78, 5) is 18.1. The van der Waals surface area contributed by atoms with E-state index in [4.69, 9.17) is 4.42 Å². The number of hydrogen-bond donors (Lipinski definition) is 0. The minimum atomic E-state index is -4.48. The van der Waals surface area contributed by atoms with Gasteiger partial charge >= 0.3 is 12.6 Å². The van der Waals surface area contributed by atoms with Crippen molar-refractivity contribution in [1.29, 1.82) is 0 Å². The lowest BCUT2D eigenvalue weighted by molar-refractivity contribution is -0.137. The average molecular weight is 410 g/mol. The number of halogens is 5. The smallest absolute Gasteiger partial charge is 0.415 e. The van der Waals surface area contributed by atoms with Gasteiger partial charge in [0.2, 0.25) is 5.89 Å². The maximum absolute atomic E-state index is 12.9. The van der Waals surface area contributed by atoms with Crippen LogP contribution in [0.15, 0.2) is 40.9 Å². The summed E-state index contributed by atoms with van der Waals surface area (Å²) in [5, 5.41) is 6.73. The Morgan fingerprint density at radius 3 is 2.66 bits per heavy atom. The van der Waals surface area contributed by atoms with E-state index in [1.165, 1.54) is 29.3 Å². The maximum atomic E-state index is 12.9. The highest BCUT2D eigenvalue weighted by molar-refractivity contribution is 5.98. The Kier molecular flexibility index (Phi) is 4.52. The van der Waals surface area contributed by atoms with Crippen LogP contribution in [0, 0.1) is 0 Å². The summed E-state index contributed by atoms with van der Waals surface area (Å²) < 4.78 is 68.7. The van der Waals surface area contributed by atoms with Crippen LogP contribution in [0.2, 0.25) is 0 Å². The molecule has 0 aliphatic carbocycles. The van der Waals surface area contributed by atoms with E-state index in [-0.39, 0.29) is 30.1 Å². The zero-order valence-electron chi connectivity index (χ0n) is 14.5. The van der Waals surface area contributed by atoms with Crippen LogP contribution in [0.4, 0.5) is 22.0 Å². The van der Waals surface area contributed by atoms with E-state index in [2.05, 4.69) is 15.2 Å². The molecule has 0 bridgehead atoms. The molecule has 1 amide bonds. The summed E-state index contributed by atoms with van der Waals surface area (Å²) in [5.74, 6) is -1.50. The topological polar surface area (TPSA) is 72.1 Å². The summed E-state index contributed by atoms with van der Waals surface area (Å²) in [6, 6.07) is 6.10. The van der Waals surface area contributed by atoms with Crippen molar-refractivity contribution in [2.24, 2.45) is 0 Å². The first-order chi connectivity index (χ1) is 13.7. The number of aromatic nitrogens is 3. The summed E-state index contributed by atoms with van der Waals surface area (Å²) in [7, 11) is 0. The molecule has 0 unspecified atom stereocenters. The van der Waals surface area contributed by atoms with Gasteiger partial charge < -0.3 is 9.32 Å². The molecule has 29 heavy (non-hydrogen) atoms. The SMILES string of the molecule is O=C1c2cc(-c3nnc(C(F)F)o3)cnc2CN1Cc1cccc(C(F)(F)F)c1. The molecule has 3 heterocycles. The molecule has 0 radical (unpaired) electrons. The number of fused-ring (bicyclic) bond motifs is 1. The first-order valence-electron chi connectivity index (χ1n) is 8.28. The van der Waals surface area contributed by atoms with E-state index in [1.807, 2.05) is 0 Å². The normalized spacial score (nSPS) is 14.0. The second kappa shape index (κ2) is 6.90. The molecule has 6 nitrogen and oxygen atoms in total. The van der Waals surface area contributed by atoms with Gasteiger partial charge in [-0.15, -0.1) is 10.2 Å². The fourth-order valence-electron chi connectivity index (χ4n) is 2.98. The molecule has 1 aliphatic rings. The highest BCUT2D eigenvalue weighted by Gasteiger charge is 2.32. The van der Waals surface area contributed by atoms with Crippen LogP contribution < -0.4 is 0 Å². The summed E-state index contributed by atoms with van der Waals surface area (Å²) >= 11 is 0. The molecule has 0 saturated heterocycles. The Morgan fingerprint density at radius 2 is 1.97 bits per heavy atom. The summed E-state index contributed by atoms with van der Waals surface area (Å²) in [6.07, 6.45) is -6.10. The standard InChI is InChI=1S/C18H11F5N4O2/c19-14(20)16-26-25-15(29-16)10-5-12-13(24-6-10)8-27(17(12)28)7-9-2-1-3-11(4-9)18(21,22)23/h1-6,14H,7-8H2. The van der Waals surface area contributed by atoms with Gasteiger partial charge in [0.15, 0.2) is 0 Å². The third-order valence-corrected chi connectivity index (χ3v) is 4.33. The lowest BCUT2D eigenvalue weighted by Gasteiger charge is -2.16. The van der Waals surface area contributed by atoms with E-state index < -0.39 is 30.0 Å². The number of amides is 1. The van der Waals surface area contributed by atoms with Crippen molar-refractivity contribution in [3.63, 3.8) is 0 Å². The second-order valence-corrected chi connectivity index (χ2v) is 6.32. The highest BCUT2D eigenvalue weighted by Crippen LogP contribution is 2.31. The summed E-state index contributed by atoms with van der Waals surface area (Å²) in [6.45, 7) is 0.0708. The monoisotopic (exact) mass is 410 g/mol. The number of pyridine rings is 1. The molecule has 0 spiro atoms. The van der Waals surface area contributed by atoms with Gasteiger partial charge in [-0.1, -0.05) is 12.1 Å². The fourth-order valence-corrected chi connectivity index (χ4v) is 2.98. The van der Waals surface area contributed by atoms with Crippen LogP contribution in [-0.2, 0) is 19.3 Å². The van der Waals surface area contributed by atoms with Crippen LogP contribution in [0.3, 0.4) is 0 Å². The lowest BCUT2D eigenvalue weighted by Crippen LogP contribution is -2.23. The molecular weight excluding hydrogens is 399 g/mol. The van der Waals surface area contributed by atoms with Crippen molar-refractivity contribution in [3.05, 3.63) is 64.8 Å². The van der Waals surface area contributed by atoms with E-state index in [1.54, 1.807) is 0 Å². The van der Waals surface area contributed by atoms with E-state index in [0.717, 1.165) is 12.1 Å². The number of hydrogen-bond acceptors (Lipinski definition) is 5. The molecule has 4 rings (SSSR count). The van der Waals surface area contributed by atoms with Gasteiger partial charge in [0.05, 0.1) is 28.9 Å². The Bertz CT molecular complexity index is 1080. The largest absolute Gasteiger partial charge is 0.416 e. The van der Waals surface area contributed by atoms with Gasteiger partial charge in [-0.2, -0.15) is 22.0 Å². The molecule has 11 heteroatoms. The van der Waals surface area contributed by atoms with Crippen molar-refractivity contribution in [2.75, 3.05) is 0 Å². The van der Waals surface area contributed by atoms with Gasteiger partial charge in [-0.3, -0.25) is 9.78 Å². The average Bonchev–Trinajstić information content (AvgIpc) is 3.27. The van der Waals surface area contributed by atoms with Crippen molar-refractivity contribution >= 4 is 5.91 Å². The molecule has 0 saturated carbocycles. The molecule has 1 aromatic carbocycles. The van der Waals surface area contributed by atoms with Crippen LogP contribution in [0.25, 0.3) is 11.5 Å². The Balaban J connectivity index is 1.56. The number of carbonyl (C=O) groups is 1. The van der Waals surface area contributed by atoms with Gasteiger partial charge in [-0.25, -0.2) is 0 Å².